The lowest BCUT2D eigenvalue weighted by Crippen LogP contribution is -2.09. The van der Waals surface area contributed by atoms with E-state index in [0.29, 0.717) is 11.1 Å². The van der Waals surface area contributed by atoms with Crippen molar-refractivity contribution in [1.29, 1.82) is 0 Å². The van der Waals surface area contributed by atoms with Crippen molar-refractivity contribution in [2.75, 3.05) is 0 Å². The second-order valence-electron chi connectivity index (χ2n) is 4.37. The Kier molecular flexibility index (Phi) is 3.80. The molecule has 2 rings (SSSR count). The lowest BCUT2D eigenvalue weighted by Gasteiger charge is -2.08. The van der Waals surface area contributed by atoms with Crippen LogP contribution in [0.2, 0.25) is 0 Å². The number of hydrogen-bond donors (Lipinski definition) is 0. The molecule has 19 heavy (non-hydrogen) atoms. The summed E-state index contributed by atoms with van der Waals surface area (Å²) in [7, 11) is 0. The van der Waals surface area contributed by atoms with Gasteiger partial charge in [-0.3, -0.25) is 4.79 Å². The maximum atomic E-state index is 13.9. The minimum Gasteiger partial charge on any atom is -0.288 e. The third kappa shape index (κ3) is 2.59. The van der Waals surface area contributed by atoms with Crippen molar-refractivity contribution in [2.45, 2.75) is 13.8 Å². The molecule has 0 aliphatic rings. The van der Waals surface area contributed by atoms with Crippen molar-refractivity contribution in [3.63, 3.8) is 0 Å². The fourth-order valence-electron chi connectivity index (χ4n) is 1.94. The van der Waals surface area contributed by atoms with Crippen LogP contribution in [-0.4, -0.2) is 5.78 Å². The SMILES string of the molecule is Cc1ccc(C(=O)c2c(F)ccc(Br)c2F)c(C)c1. The first-order valence-corrected chi connectivity index (χ1v) is 6.46. The molecule has 0 atom stereocenters. The van der Waals surface area contributed by atoms with E-state index < -0.39 is 23.0 Å². The fourth-order valence-corrected chi connectivity index (χ4v) is 2.27. The Morgan fingerprint density at radius 2 is 1.79 bits per heavy atom. The fraction of sp³-hybridized carbons (Fsp3) is 0.133. The Bertz CT molecular complexity index is 665. The van der Waals surface area contributed by atoms with E-state index in [9.17, 15) is 13.6 Å². The number of carbonyl (C=O) groups is 1. The Balaban J connectivity index is 2.59. The summed E-state index contributed by atoms with van der Waals surface area (Å²) in [4.78, 5) is 12.3. The van der Waals surface area contributed by atoms with Crippen LogP contribution in [0.4, 0.5) is 8.78 Å². The zero-order valence-electron chi connectivity index (χ0n) is 10.4. The van der Waals surface area contributed by atoms with E-state index in [1.54, 1.807) is 25.1 Å². The van der Waals surface area contributed by atoms with E-state index in [0.717, 1.165) is 11.6 Å². The number of halogens is 3. The molecule has 0 aliphatic heterocycles. The Labute approximate surface area is 118 Å². The van der Waals surface area contributed by atoms with Gasteiger partial charge >= 0.3 is 0 Å². The summed E-state index contributed by atoms with van der Waals surface area (Å²) in [5.74, 6) is -2.37. The molecule has 2 aromatic rings. The molecule has 0 fully saturated rings. The number of carbonyl (C=O) groups excluding carboxylic acids is 1. The van der Waals surface area contributed by atoms with Crippen LogP contribution in [0.25, 0.3) is 0 Å². The van der Waals surface area contributed by atoms with Gasteiger partial charge in [0.2, 0.25) is 0 Å². The summed E-state index contributed by atoms with van der Waals surface area (Å²) in [5.41, 5.74) is 1.47. The Morgan fingerprint density at radius 1 is 1.11 bits per heavy atom. The van der Waals surface area contributed by atoms with E-state index in [1.807, 2.05) is 6.92 Å². The van der Waals surface area contributed by atoms with Gasteiger partial charge < -0.3 is 0 Å². The van der Waals surface area contributed by atoms with Crippen LogP contribution in [0.1, 0.15) is 27.0 Å². The molecule has 0 amide bonds. The quantitative estimate of drug-likeness (QED) is 0.584. The number of hydrogen-bond acceptors (Lipinski definition) is 1. The summed E-state index contributed by atoms with van der Waals surface area (Å²) >= 11 is 2.96. The first-order chi connectivity index (χ1) is 8.91. The third-order valence-corrected chi connectivity index (χ3v) is 3.51. The van der Waals surface area contributed by atoms with Crippen molar-refractivity contribution in [3.05, 3.63) is 68.7 Å². The predicted octanol–water partition coefficient (Wildman–Crippen LogP) is 4.58. The topological polar surface area (TPSA) is 17.1 Å². The van der Waals surface area contributed by atoms with Crippen molar-refractivity contribution < 1.29 is 13.6 Å². The number of benzene rings is 2. The zero-order valence-corrected chi connectivity index (χ0v) is 12.0. The van der Waals surface area contributed by atoms with Crippen molar-refractivity contribution in [2.24, 2.45) is 0 Å². The first-order valence-electron chi connectivity index (χ1n) is 5.67. The van der Waals surface area contributed by atoms with Gasteiger partial charge in [-0.1, -0.05) is 23.8 Å². The van der Waals surface area contributed by atoms with Gasteiger partial charge in [-0.2, -0.15) is 0 Å². The summed E-state index contributed by atoms with van der Waals surface area (Å²) in [6.45, 7) is 3.63. The molecule has 0 radical (unpaired) electrons. The average molecular weight is 325 g/mol. The molecule has 0 saturated carbocycles. The normalized spacial score (nSPS) is 10.6. The highest BCUT2D eigenvalue weighted by Gasteiger charge is 2.22. The van der Waals surface area contributed by atoms with Crippen LogP contribution in [-0.2, 0) is 0 Å². The monoisotopic (exact) mass is 324 g/mol. The van der Waals surface area contributed by atoms with E-state index in [-0.39, 0.29) is 4.47 Å². The molecule has 0 aromatic heterocycles. The minimum atomic E-state index is -0.870. The van der Waals surface area contributed by atoms with Gasteiger partial charge in [0.05, 0.1) is 10.0 Å². The molecule has 0 aliphatic carbocycles. The highest BCUT2D eigenvalue weighted by Crippen LogP contribution is 2.25. The maximum Gasteiger partial charge on any atom is 0.199 e. The van der Waals surface area contributed by atoms with Gasteiger partial charge in [0, 0.05) is 5.56 Å². The van der Waals surface area contributed by atoms with E-state index in [2.05, 4.69) is 15.9 Å². The number of aryl methyl sites for hydroxylation is 2. The second kappa shape index (κ2) is 5.21. The average Bonchev–Trinajstić information content (AvgIpc) is 2.34. The smallest absolute Gasteiger partial charge is 0.199 e. The highest BCUT2D eigenvalue weighted by molar-refractivity contribution is 9.10. The lowest BCUT2D eigenvalue weighted by molar-refractivity contribution is 0.103. The van der Waals surface area contributed by atoms with Crippen LogP contribution in [0.5, 0.6) is 0 Å². The molecule has 0 N–H and O–H groups in total. The molecular formula is C15H11BrF2O. The highest BCUT2D eigenvalue weighted by atomic mass is 79.9. The van der Waals surface area contributed by atoms with Crippen molar-refractivity contribution in [1.82, 2.24) is 0 Å². The van der Waals surface area contributed by atoms with Crippen LogP contribution < -0.4 is 0 Å². The van der Waals surface area contributed by atoms with Gasteiger partial charge in [-0.05, 0) is 47.5 Å². The minimum absolute atomic E-state index is 0.0713. The van der Waals surface area contributed by atoms with Crippen molar-refractivity contribution in [3.8, 4) is 0 Å². The summed E-state index contributed by atoms with van der Waals surface area (Å²) in [5, 5.41) is 0. The van der Waals surface area contributed by atoms with Gasteiger partial charge in [0.25, 0.3) is 0 Å². The number of ketones is 1. The van der Waals surface area contributed by atoms with Crippen molar-refractivity contribution >= 4 is 21.7 Å². The molecule has 0 heterocycles. The summed E-state index contributed by atoms with van der Waals surface area (Å²) in [6, 6.07) is 7.45. The van der Waals surface area contributed by atoms with E-state index in [1.165, 1.54) is 6.07 Å². The van der Waals surface area contributed by atoms with Crippen LogP contribution in [0, 0.1) is 25.5 Å². The molecule has 1 nitrogen and oxygen atoms in total. The molecule has 0 bridgehead atoms. The second-order valence-corrected chi connectivity index (χ2v) is 5.22. The van der Waals surface area contributed by atoms with Crippen LogP contribution >= 0.6 is 15.9 Å². The largest absolute Gasteiger partial charge is 0.288 e. The van der Waals surface area contributed by atoms with Crippen LogP contribution in [0.15, 0.2) is 34.8 Å². The lowest BCUT2D eigenvalue weighted by atomic mass is 9.97. The van der Waals surface area contributed by atoms with Crippen LogP contribution in [0.3, 0.4) is 0 Å². The molecule has 2 aromatic carbocycles. The predicted molar refractivity (Wildman–Crippen MR) is 73.4 cm³/mol. The summed E-state index contributed by atoms with van der Waals surface area (Å²) in [6.07, 6.45) is 0. The molecular weight excluding hydrogens is 314 g/mol. The van der Waals surface area contributed by atoms with Gasteiger partial charge in [0.1, 0.15) is 5.82 Å². The standard InChI is InChI=1S/C15H11BrF2O/c1-8-3-4-10(9(2)7-8)15(19)13-12(17)6-5-11(16)14(13)18/h3-7H,1-2H3. The molecule has 4 heteroatoms. The van der Waals surface area contributed by atoms with E-state index in [4.69, 9.17) is 0 Å². The third-order valence-electron chi connectivity index (χ3n) is 2.90. The molecule has 0 spiro atoms. The zero-order chi connectivity index (χ0) is 14.2. The molecule has 0 saturated heterocycles. The molecule has 98 valence electrons. The molecule has 0 unspecified atom stereocenters. The Hall–Kier alpha value is -1.55. The summed E-state index contributed by atoms with van der Waals surface area (Å²) < 4.78 is 27.7. The van der Waals surface area contributed by atoms with Gasteiger partial charge in [0.15, 0.2) is 11.6 Å². The van der Waals surface area contributed by atoms with Gasteiger partial charge in [-0.25, -0.2) is 8.78 Å². The van der Waals surface area contributed by atoms with Gasteiger partial charge in [-0.15, -0.1) is 0 Å². The number of rotatable bonds is 2. The van der Waals surface area contributed by atoms with E-state index >= 15 is 0 Å². The Morgan fingerprint density at radius 3 is 2.42 bits per heavy atom. The first kappa shape index (κ1) is 13.9. The maximum absolute atomic E-state index is 13.9.